The molecule has 10 nitrogen and oxygen atoms in total. The maximum absolute atomic E-state index is 14.0. The van der Waals surface area contributed by atoms with Crippen molar-refractivity contribution in [2.75, 3.05) is 48.3 Å². The molecule has 10 heteroatoms. The van der Waals surface area contributed by atoms with Crippen molar-refractivity contribution in [1.82, 2.24) is 0 Å². The van der Waals surface area contributed by atoms with Crippen molar-refractivity contribution >= 4 is 17.7 Å². The van der Waals surface area contributed by atoms with E-state index in [1.807, 2.05) is 0 Å². The van der Waals surface area contributed by atoms with Gasteiger partial charge in [-0.3, -0.25) is 9.59 Å². The fourth-order valence-corrected chi connectivity index (χ4v) is 4.72. The van der Waals surface area contributed by atoms with Gasteiger partial charge in [0.1, 0.15) is 11.2 Å². The van der Waals surface area contributed by atoms with Crippen LogP contribution in [0.3, 0.4) is 0 Å². The van der Waals surface area contributed by atoms with Crippen LogP contribution in [0.25, 0.3) is 0 Å². The third-order valence-electron chi connectivity index (χ3n) is 6.43. The highest BCUT2D eigenvalue weighted by Crippen LogP contribution is 2.56. The third kappa shape index (κ3) is 5.20. The van der Waals surface area contributed by atoms with Crippen molar-refractivity contribution in [3.05, 3.63) is 41.0 Å². The maximum atomic E-state index is 14.0. The smallest absolute Gasteiger partial charge is 0.338 e. The summed E-state index contributed by atoms with van der Waals surface area (Å²) in [6, 6.07) is 6.56. The molecule has 2 aromatic rings. The first-order chi connectivity index (χ1) is 18.3. The van der Waals surface area contributed by atoms with Crippen LogP contribution >= 0.6 is 0 Å². The second-order valence-electron chi connectivity index (χ2n) is 8.49. The lowest BCUT2D eigenvalue weighted by Gasteiger charge is -2.25. The summed E-state index contributed by atoms with van der Waals surface area (Å²) >= 11 is 0. The van der Waals surface area contributed by atoms with Crippen LogP contribution in [0.2, 0.25) is 0 Å². The number of carbonyl (C=O) groups is 3. The first kappa shape index (κ1) is 28.6. The van der Waals surface area contributed by atoms with Gasteiger partial charge < -0.3 is 33.2 Å². The van der Waals surface area contributed by atoms with Crippen LogP contribution in [0.15, 0.2) is 24.3 Å². The van der Waals surface area contributed by atoms with Crippen molar-refractivity contribution < 1.29 is 47.5 Å². The molecule has 0 fully saturated rings. The number of benzene rings is 2. The number of methoxy groups -OCH3 is 4. The van der Waals surface area contributed by atoms with Gasteiger partial charge in [0.05, 0.1) is 59.4 Å². The monoisotopic (exact) mass is 530 g/mol. The Morgan fingerprint density at radius 3 is 1.95 bits per heavy atom. The standard InChI is InChI=1S/C28H34O10/c1-7-36-26(30)17-10-12-18(13-11-17)38-15-9-14-28(27(31)37-8-2)16-19-20(25(28)29)22(33-4)24(35-6)23(34-5)21(19)32-3/h10-13H,7-9,14-16H2,1-6H3. The van der Waals surface area contributed by atoms with Crippen LogP contribution in [-0.2, 0) is 20.7 Å². The molecule has 1 aliphatic carbocycles. The van der Waals surface area contributed by atoms with Gasteiger partial charge in [-0.15, -0.1) is 0 Å². The minimum absolute atomic E-state index is 0.0497. The summed E-state index contributed by atoms with van der Waals surface area (Å²) in [5, 5.41) is 0. The van der Waals surface area contributed by atoms with E-state index in [0.29, 0.717) is 35.7 Å². The Morgan fingerprint density at radius 1 is 0.816 bits per heavy atom. The van der Waals surface area contributed by atoms with Crippen molar-refractivity contribution in [3.8, 4) is 28.7 Å². The maximum Gasteiger partial charge on any atom is 0.338 e. The zero-order chi connectivity index (χ0) is 27.9. The number of hydrogen-bond donors (Lipinski definition) is 0. The Balaban J connectivity index is 1.87. The Hall–Kier alpha value is -3.95. The molecule has 0 bridgehead atoms. The van der Waals surface area contributed by atoms with Gasteiger partial charge in [0.15, 0.2) is 17.3 Å². The molecule has 0 saturated heterocycles. The van der Waals surface area contributed by atoms with E-state index in [0.717, 1.165) is 0 Å². The van der Waals surface area contributed by atoms with Crippen molar-refractivity contribution in [2.45, 2.75) is 33.1 Å². The number of ether oxygens (including phenoxy) is 7. The van der Waals surface area contributed by atoms with Gasteiger partial charge in [-0.1, -0.05) is 0 Å². The van der Waals surface area contributed by atoms with E-state index in [1.165, 1.54) is 28.4 Å². The number of Topliss-reactive ketones (excluding diaryl/α,β-unsaturated/α-hetero) is 1. The van der Waals surface area contributed by atoms with Crippen LogP contribution in [0.1, 0.15) is 53.0 Å². The summed E-state index contributed by atoms with van der Waals surface area (Å²) in [6.07, 6.45) is 0.586. The molecule has 3 rings (SSSR count). The lowest BCUT2D eigenvalue weighted by molar-refractivity contribution is -0.152. The number of ketones is 1. The lowest BCUT2D eigenvalue weighted by atomic mass is 9.79. The van der Waals surface area contributed by atoms with Gasteiger partial charge in [0.25, 0.3) is 0 Å². The molecular weight excluding hydrogens is 496 g/mol. The van der Waals surface area contributed by atoms with Gasteiger partial charge in [-0.2, -0.15) is 0 Å². The quantitative estimate of drug-likeness (QED) is 0.213. The number of hydrogen-bond acceptors (Lipinski definition) is 10. The van der Waals surface area contributed by atoms with Gasteiger partial charge in [0.2, 0.25) is 11.5 Å². The topological polar surface area (TPSA) is 116 Å². The second kappa shape index (κ2) is 12.5. The number of esters is 2. The van der Waals surface area contributed by atoms with Crippen LogP contribution in [0.4, 0.5) is 0 Å². The molecule has 1 unspecified atom stereocenters. The van der Waals surface area contributed by atoms with Gasteiger partial charge in [-0.05, 0) is 51.0 Å². The summed E-state index contributed by atoms with van der Waals surface area (Å²) in [4.78, 5) is 39.1. The average molecular weight is 531 g/mol. The van der Waals surface area contributed by atoms with E-state index in [9.17, 15) is 14.4 Å². The zero-order valence-corrected chi connectivity index (χ0v) is 22.6. The second-order valence-corrected chi connectivity index (χ2v) is 8.49. The molecule has 38 heavy (non-hydrogen) atoms. The summed E-state index contributed by atoms with van der Waals surface area (Å²) in [5.41, 5.74) is -0.363. The summed E-state index contributed by atoms with van der Waals surface area (Å²) in [6.45, 7) is 4.07. The summed E-state index contributed by atoms with van der Waals surface area (Å²) in [7, 11) is 5.77. The van der Waals surface area contributed by atoms with E-state index >= 15 is 0 Å². The molecule has 2 aromatic carbocycles. The third-order valence-corrected chi connectivity index (χ3v) is 6.43. The predicted octanol–water partition coefficient (Wildman–Crippen LogP) is 4.05. The molecule has 0 amide bonds. The van der Waals surface area contributed by atoms with Crippen LogP contribution in [0.5, 0.6) is 28.7 Å². The minimum atomic E-state index is -1.49. The van der Waals surface area contributed by atoms with Crippen LogP contribution in [-0.4, -0.2) is 66.0 Å². The first-order valence-electron chi connectivity index (χ1n) is 12.3. The highest BCUT2D eigenvalue weighted by molar-refractivity contribution is 6.18. The van der Waals surface area contributed by atoms with E-state index in [-0.39, 0.29) is 48.9 Å². The largest absolute Gasteiger partial charge is 0.494 e. The van der Waals surface area contributed by atoms with Crippen LogP contribution in [0, 0.1) is 5.41 Å². The Kier molecular flexibility index (Phi) is 9.44. The van der Waals surface area contributed by atoms with E-state index in [4.69, 9.17) is 33.2 Å². The van der Waals surface area contributed by atoms with Gasteiger partial charge in [0, 0.05) is 12.0 Å². The van der Waals surface area contributed by atoms with Crippen molar-refractivity contribution in [3.63, 3.8) is 0 Å². The lowest BCUT2D eigenvalue weighted by Crippen LogP contribution is -2.39. The Bertz CT molecular complexity index is 1170. The first-order valence-corrected chi connectivity index (χ1v) is 12.3. The summed E-state index contributed by atoms with van der Waals surface area (Å²) in [5.74, 6) is 0.0338. The van der Waals surface area contributed by atoms with Crippen molar-refractivity contribution in [2.24, 2.45) is 5.41 Å². The average Bonchev–Trinajstić information content (AvgIpc) is 3.22. The number of carbonyl (C=O) groups excluding carboxylic acids is 3. The highest BCUT2D eigenvalue weighted by atomic mass is 16.6. The van der Waals surface area contributed by atoms with E-state index < -0.39 is 23.1 Å². The Morgan fingerprint density at radius 2 is 1.39 bits per heavy atom. The molecule has 0 saturated carbocycles. The highest BCUT2D eigenvalue weighted by Gasteiger charge is 2.55. The fourth-order valence-electron chi connectivity index (χ4n) is 4.72. The zero-order valence-electron chi connectivity index (χ0n) is 22.6. The molecule has 0 aliphatic heterocycles. The molecule has 1 atom stereocenters. The normalized spacial score (nSPS) is 15.9. The van der Waals surface area contributed by atoms with E-state index in [2.05, 4.69) is 0 Å². The molecule has 206 valence electrons. The van der Waals surface area contributed by atoms with Crippen molar-refractivity contribution in [1.29, 1.82) is 0 Å². The molecule has 1 aliphatic rings. The van der Waals surface area contributed by atoms with Gasteiger partial charge in [-0.25, -0.2) is 4.79 Å². The fraction of sp³-hybridized carbons (Fsp3) is 0.464. The molecule has 0 aromatic heterocycles. The molecular formula is C28H34O10. The summed E-state index contributed by atoms with van der Waals surface area (Å²) < 4.78 is 38.3. The minimum Gasteiger partial charge on any atom is -0.494 e. The molecule has 0 radical (unpaired) electrons. The molecule has 0 spiro atoms. The van der Waals surface area contributed by atoms with Crippen LogP contribution < -0.4 is 23.7 Å². The number of fused-ring (bicyclic) bond motifs is 1. The molecule has 0 heterocycles. The van der Waals surface area contributed by atoms with E-state index in [1.54, 1.807) is 38.1 Å². The molecule has 0 N–H and O–H groups in total. The Labute approximate surface area is 222 Å². The predicted molar refractivity (Wildman–Crippen MR) is 137 cm³/mol. The SMILES string of the molecule is CCOC(=O)c1ccc(OCCCC2(C(=O)OCC)Cc3c(OC)c(OC)c(OC)c(OC)c3C2=O)cc1. The van der Waals surface area contributed by atoms with Gasteiger partial charge >= 0.3 is 11.9 Å². The number of rotatable bonds is 13.